The van der Waals surface area contributed by atoms with Gasteiger partial charge in [0.05, 0.1) is 5.75 Å². The van der Waals surface area contributed by atoms with Crippen LogP contribution in [-0.2, 0) is 10.0 Å². The molecule has 0 radical (unpaired) electrons. The smallest absolute Gasteiger partial charge is 0.212 e. The molecule has 0 fully saturated rings. The molecular weight excluding hydrogens is 306 g/mol. The van der Waals surface area contributed by atoms with Gasteiger partial charge in [-0.1, -0.05) is 58.0 Å². The van der Waals surface area contributed by atoms with Gasteiger partial charge >= 0.3 is 0 Å². The van der Waals surface area contributed by atoms with Crippen LogP contribution in [0.4, 0.5) is 0 Å². The minimum Gasteiger partial charge on any atom is -0.214 e. The van der Waals surface area contributed by atoms with Gasteiger partial charge in [0.1, 0.15) is 0 Å². The number of nitrogens with one attached hydrogen (secondary N) is 1. The fourth-order valence-electron chi connectivity index (χ4n) is 2.22. The minimum atomic E-state index is -3.31. The highest BCUT2D eigenvalue weighted by molar-refractivity contribution is 7.89. The van der Waals surface area contributed by atoms with Gasteiger partial charge in [-0.05, 0) is 23.3 Å². The van der Waals surface area contributed by atoms with Gasteiger partial charge in [-0.2, -0.15) is 0 Å². The van der Waals surface area contributed by atoms with E-state index in [0.29, 0.717) is 0 Å². The minimum absolute atomic E-state index is 0.0416. The predicted octanol–water partition coefficient (Wildman–Crippen LogP) is 3.75. The molecule has 0 aliphatic heterocycles. The molecule has 0 aromatic heterocycles. The van der Waals surface area contributed by atoms with E-state index in [1.807, 2.05) is 37.3 Å². The van der Waals surface area contributed by atoms with E-state index >= 15 is 0 Å². The molecule has 21 heavy (non-hydrogen) atoms. The molecule has 1 aromatic carbocycles. The average Bonchev–Trinajstić information content (AvgIpc) is 2.35. The van der Waals surface area contributed by atoms with Crippen molar-refractivity contribution in [2.24, 2.45) is 5.41 Å². The maximum absolute atomic E-state index is 12.1. The van der Waals surface area contributed by atoms with Gasteiger partial charge in [-0.15, -0.1) is 11.6 Å². The summed E-state index contributed by atoms with van der Waals surface area (Å²) in [5, 5.41) is -0.188. The highest BCUT2D eigenvalue weighted by Crippen LogP contribution is 2.23. The van der Waals surface area contributed by atoms with Crippen LogP contribution >= 0.6 is 11.6 Å². The fraction of sp³-hybridized carbons (Fsp3) is 0.625. The number of rotatable bonds is 7. The molecule has 1 rings (SSSR count). The van der Waals surface area contributed by atoms with Crippen molar-refractivity contribution in [1.82, 2.24) is 4.72 Å². The highest BCUT2D eigenvalue weighted by atomic mass is 35.5. The Bertz CT molecular complexity index is 523. The van der Waals surface area contributed by atoms with Crippen LogP contribution in [0.1, 0.15) is 45.6 Å². The number of benzene rings is 1. The maximum Gasteiger partial charge on any atom is 0.212 e. The molecule has 5 heteroatoms. The van der Waals surface area contributed by atoms with E-state index in [0.717, 1.165) is 12.0 Å². The number of sulfonamides is 1. The summed E-state index contributed by atoms with van der Waals surface area (Å²) < 4.78 is 26.9. The lowest BCUT2D eigenvalue weighted by Crippen LogP contribution is -2.34. The first-order chi connectivity index (χ1) is 9.59. The van der Waals surface area contributed by atoms with Crippen LogP contribution < -0.4 is 4.72 Å². The molecule has 0 saturated heterocycles. The first-order valence-electron chi connectivity index (χ1n) is 7.25. The summed E-state index contributed by atoms with van der Waals surface area (Å²) in [5.41, 5.74) is 1.12. The molecule has 0 aliphatic rings. The molecule has 1 aromatic rings. The first kappa shape index (κ1) is 18.5. The molecular formula is C16H26ClNO2S. The highest BCUT2D eigenvalue weighted by Gasteiger charge is 2.21. The molecule has 2 atom stereocenters. The SMILES string of the molecule is CC(CS(=O)(=O)NCC(Cl)CC(C)(C)C)c1ccccc1. The maximum atomic E-state index is 12.1. The van der Waals surface area contributed by atoms with E-state index in [2.05, 4.69) is 25.5 Å². The first-order valence-corrected chi connectivity index (χ1v) is 9.34. The molecule has 1 N–H and O–H groups in total. The third kappa shape index (κ3) is 7.84. The lowest BCUT2D eigenvalue weighted by atomic mass is 9.90. The predicted molar refractivity (Wildman–Crippen MR) is 90.4 cm³/mol. The zero-order chi connectivity index (χ0) is 16.1. The van der Waals surface area contributed by atoms with Crippen molar-refractivity contribution in [3.8, 4) is 0 Å². The van der Waals surface area contributed by atoms with Crippen molar-refractivity contribution < 1.29 is 8.42 Å². The summed E-state index contributed by atoms with van der Waals surface area (Å²) >= 11 is 6.20. The molecule has 0 bridgehead atoms. The number of halogens is 1. The van der Waals surface area contributed by atoms with Crippen LogP contribution in [0.15, 0.2) is 30.3 Å². The Morgan fingerprint density at radius 3 is 2.29 bits per heavy atom. The van der Waals surface area contributed by atoms with E-state index in [4.69, 9.17) is 11.6 Å². The zero-order valence-corrected chi connectivity index (χ0v) is 14.8. The monoisotopic (exact) mass is 331 g/mol. The Morgan fingerprint density at radius 1 is 1.19 bits per heavy atom. The standard InChI is InChI=1S/C16H26ClNO2S/c1-13(14-8-6-5-7-9-14)12-21(19,20)18-11-15(17)10-16(2,3)4/h5-9,13,15,18H,10-12H2,1-4H3. The lowest BCUT2D eigenvalue weighted by Gasteiger charge is -2.22. The topological polar surface area (TPSA) is 46.2 Å². The number of alkyl halides is 1. The van der Waals surface area contributed by atoms with Gasteiger partial charge in [0, 0.05) is 11.9 Å². The molecule has 0 amide bonds. The van der Waals surface area contributed by atoms with Gasteiger partial charge < -0.3 is 0 Å². The summed E-state index contributed by atoms with van der Waals surface area (Å²) in [7, 11) is -3.31. The Kier molecular flexibility index (Phi) is 6.70. The van der Waals surface area contributed by atoms with Crippen molar-refractivity contribution in [3.05, 3.63) is 35.9 Å². The van der Waals surface area contributed by atoms with Gasteiger partial charge in [-0.3, -0.25) is 0 Å². The number of hydrogen-bond donors (Lipinski definition) is 1. The summed E-state index contributed by atoms with van der Waals surface area (Å²) in [4.78, 5) is 0. The van der Waals surface area contributed by atoms with E-state index in [1.54, 1.807) is 0 Å². The lowest BCUT2D eigenvalue weighted by molar-refractivity contribution is 0.369. The summed E-state index contributed by atoms with van der Waals surface area (Å²) in [5.74, 6) is 0.0379. The van der Waals surface area contributed by atoms with Crippen molar-refractivity contribution in [3.63, 3.8) is 0 Å². The van der Waals surface area contributed by atoms with Crippen LogP contribution in [0, 0.1) is 5.41 Å². The van der Waals surface area contributed by atoms with E-state index in [9.17, 15) is 8.42 Å². The third-order valence-corrected chi connectivity index (χ3v) is 5.05. The summed E-state index contributed by atoms with van der Waals surface area (Å²) in [6.45, 7) is 8.47. The normalized spacial score (nSPS) is 15.7. The molecule has 0 saturated carbocycles. The van der Waals surface area contributed by atoms with Gasteiger partial charge in [0.2, 0.25) is 10.0 Å². The molecule has 120 valence electrons. The largest absolute Gasteiger partial charge is 0.214 e. The Labute approximate surface area is 134 Å². The van der Waals surface area contributed by atoms with Gasteiger partial charge in [0.15, 0.2) is 0 Å². The molecule has 2 unspecified atom stereocenters. The van der Waals surface area contributed by atoms with Crippen LogP contribution in [0.25, 0.3) is 0 Å². The zero-order valence-electron chi connectivity index (χ0n) is 13.3. The molecule has 3 nitrogen and oxygen atoms in total. The molecule has 0 aliphatic carbocycles. The van der Waals surface area contributed by atoms with E-state index in [1.165, 1.54) is 0 Å². The van der Waals surface area contributed by atoms with Crippen LogP contribution in [0.2, 0.25) is 0 Å². The van der Waals surface area contributed by atoms with Crippen LogP contribution in [0.3, 0.4) is 0 Å². The molecule has 0 heterocycles. The Morgan fingerprint density at radius 2 is 1.76 bits per heavy atom. The van der Waals surface area contributed by atoms with Crippen molar-refractivity contribution in [1.29, 1.82) is 0 Å². The summed E-state index contributed by atoms with van der Waals surface area (Å²) in [6.07, 6.45) is 0.769. The van der Waals surface area contributed by atoms with E-state index < -0.39 is 10.0 Å². The van der Waals surface area contributed by atoms with Crippen molar-refractivity contribution >= 4 is 21.6 Å². The summed E-state index contributed by atoms with van der Waals surface area (Å²) in [6, 6.07) is 9.66. The molecule has 0 spiro atoms. The van der Waals surface area contributed by atoms with Crippen molar-refractivity contribution in [2.45, 2.75) is 45.4 Å². The Balaban J connectivity index is 2.51. The average molecular weight is 332 g/mol. The van der Waals surface area contributed by atoms with E-state index in [-0.39, 0.29) is 29.0 Å². The second-order valence-corrected chi connectivity index (χ2v) is 9.27. The van der Waals surface area contributed by atoms with Crippen molar-refractivity contribution in [2.75, 3.05) is 12.3 Å². The second-order valence-electron chi connectivity index (χ2n) is 6.80. The van der Waals surface area contributed by atoms with Gasteiger partial charge in [0.25, 0.3) is 0 Å². The van der Waals surface area contributed by atoms with Gasteiger partial charge in [-0.25, -0.2) is 13.1 Å². The Hall–Kier alpha value is -0.580. The third-order valence-electron chi connectivity index (χ3n) is 3.20. The number of hydrogen-bond acceptors (Lipinski definition) is 2. The second kappa shape index (κ2) is 7.61. The van der Waals surface area contributed by atoms with Crippen LogP contribution in [-0.4, -0.2) is 26.1 Å². The fourth-order valence-corrected chi connectivity index (χ4v) is 4.28. The van der Waals surface area contributed by atoms with Crippen LogP contribution in [0.5, 0.6) is 0 Å². The quantitative estimate of drug-likeness (QED) is 0.773.